The molecule has 1 amide bonds. The highest BCUT2D eigenvalue weighted by molar-refractivity contribution is 7.12. The molecule has 0 spiro atoms. The zero-order chi connectivity index (χ0) is 14.7. The van der Waals surface area contributed by atoms with Crippen LogP contribution in [0.2, 0.25) is 0 Å². The lowest BCUT2D eigenvalue weighted by Gasteiger charge is -2.07. The van der Waals surface area contributed by atoms with Gasteiger partial charge in [0.1, 0.15) is 16.4 Å². The van der Waals surface area contributed by atoms with E-state index in [1.54, 1.807) is 11.4 Å². The molecule has 1 aromatic heterocycles. The summed E-state index contributed by atoms with van der Waals surface area (Å²) >= 11 is 1.13. The number of carbonyl (C=O) groups excluding carboxylic acids is 1. The number of methoxy groups -OCH3 is 1. The predicted octanol–water partition coefficient (Wildman–Crippen LogP) is 2.62. The van der Waals surface area contributed by atoms with Gasteiger partial charge in [-0.25, -0.2) is 0 Å². The Balaban J connectivity index is 2.35. The first-order valence-electron chi connectivity index (χ1n) is 5.43. The standard InChI is InChI=1S/C12H10N2O5S/c1-19-9-5-6-20-11(9)12(16)13-10-7(14(17)18)3-2-4-8(10)15/h2-6,15H,1H3,(H,13,16). The van der Waals surface area contributed by atoms with Crippen LogP contribution in [-0.4, -0.2) is 23.0 Å². The van der Waals surface area contributed by atoms with E-state index in [0.29, 0.717) is 5.75 Å². The predicted molar refractivity (Wildman–Crippen MR) is 73.6 cm³/mol. The molecule has 2 aromatic rings. The second kappa shape index (κ2) is 5.57. The van der Waals surface area contributed by atoms with E-state index in [9.17, 15) is 20.0 Å². The fourth-order valence-corrected chi connectivity index (χ4v) is 2.36. The van der Waals surface area contributed by atoms with Crippen molar-refractivity contribution in [2.75, 3.05) is 12.4 Å². The number of phenols is 1. The minimum atomic E-state index is -0.680. The third-order valence-corrected chi connectivity index (χ3v) is 3.41. The lowest BCUT2D eigenvalue weighted by atomic mass is 10.2. The molecule has 0 unspecified atom stereocenters. The molecule has 0 aliphatic rings. The number of hydrogen-bond donors (Lipinski definition) is 2. The van der Waals surface area contributed by atoms with E-state index in [1.165, 1.54) is 25.3 Å². The van der Waals surface area contributed by atoms with Gasteiger partial charge < -0.3 is 15.2 Å². The molecule has 2 rings (SSSR count). The van der Waals surface area contributed by atoms with Crippen molar-refractivity contribution < 1.29 is 19.6 Å². The molecule has 0 fully saturated rings. The molecular weight excluding hydrogens is 284 g/mol. The largest absolute Gasteiger partial charge is 0.505 e. The molecular formula is C12H10N2O5S. The highest BCUT2D eigenvalue weighted by atomic mass is 32.1. The topological polar surface area (TPSA) is 102 Å². The summed E-state index contributed by atoms with van der Waals surface area (Å²) < 4.78 is 5.01. The molecule has 0 aliphatic carbocycles. The summed E-state index contributed by atoms with van der Waals surface area (Å²) in [6, 6.07) is 5.39. The molecule has 2 N–H and O–H groups in total. The number of ether oxygens (including phenoxy) is 1. The van der Waals surface area contributed by atoms with Crippen molar-refractivity contribution in [1.29, 1.82) is 0 Å². The van der Waals surface area contributed by atoms with Crippen molar-refractivity contribution in [2.24, 2.45) is 0 Å². The highest BCUT2D eigenvalue weighted by Gasteiger charge is 2.22. The van der Waals surface area contributed by atoms with E-state index >= 15 is 0 Å². The Morgan fingerprint density at radius 1 is 1.45 bits per heavy atom. The third-order valence-electron chi connectivity index (χ3n) is 2.51. The number of aromatic hydroxyl groups is 1. The second-order valence-corrected chi connectivity index (χ2v) is 4.62. The number of benzene rings is 1. The summed E-state index contributed by atoms with van der Waals surface area (Å²) in [5.41, 5.74) is -0.619. The zero-order valence-corrected chi connectivity index (χ0v) is 11.1. The first-order chi connectivity index (χ1) is 9.54. The Hall–Kier alpha value is -2.61. The smallest absolute Gasteiger partial charge is 0.296 e. The van der Waals surface area contributed by atoms with Crippen LogP contribution < -0.4 is 10.1 Å². The van der Waals surface area contributed by atoms with E-state index in [1.807, 2.05) is 0 Å². The Morgan fingerprint density at radius 3 is 2.85 bits per heavy atom. The van der Waals surface area contributed by atoms with Crippen molar-refractivity contribution in [1.82, 2.24) is 0 Å². The fraction of sp³-hybridized carbons (Fsp3) is 0.0833. The number of amides is 1. The van der Waals surface area contributed by atoms with Crippen molar-refractivity contribution in [2.45, 2.75) is 0 Å². The fourth-order valence-electron chi connectivity index (χ4n) is 1.60. The maximum Gasteiger partial charge on any atom is 0.296 e. The van der Waals surface area contributed by atoms with Crippen LogP contribution >= 0.6 is 11.3 Å². The van der Waals surface area contributed by atoms with Crippen molar-refractivity contribution in [3.05, 3.63) is 44.6 Å². The Labute approximate surface area is 117 Å². The minimum Gasteiger partial charge on any atom is -0.505 e. The summed E-state index contributed by atoms with van der Waals surface area (Å²) in [6.45, 7) is 0. The van der Waals surface area contributed by atoms with Crippen LogP contribution in [0, 0.1) is 10.1 Å². The van der Waals surface area contributed by atoms with E-state index < -0.39 is 10.8 Å². The van der Waals surface area contributed by atoms with Crippen LogP contribution in [0.4, 0.5) is 11.4 Å². The highest BCUT2D eigenvalue weighted by Crippen LogP contribution is 2.34. The molecule has 0 atom stereocenters. The van der Waals surface area contributed by atoms with Gasteiger partial charge in [0.05, 0.1) is 12.0 Å². The van der Waals surface area contributed by atoms with Crippen LogP contribution in [-0.2, 0) is 0 Å². The van der Waals surface area contributed by atoms with Crippen LogP contribution in [0.5, 0.6) is 11.5 Å². The molecule has 104 valence electrons. The van der Waals surface area contributed by atoms with Gasteiger partial charge in [0.25, 0.3) is 11.6 Å². The van der Waals surface area contributed by atoms with E-state index in [0.717, 1.165) is 11.3 Å². The van der Waals surface area contributed by atoms with Gasteiger partial charge in [-0.2, -0.15) is 0 Å². The van der Waals surface area contributed by atoms with Gasteiger partial charge in [0, 0.05) is 6.07 Å². The Kier molecular flexibility index (Phi) is 3.85. The molecule has 0 aliphatic heterocycles. The van der Waals surface area contributed by atoms with Gasteiger partial charge in [-0.1, -0.05) is 6.07 Å². The number of phenolic OH excluding ortho intramolecular Hbond substituents is 1. The van der Waals surface area contributed by atoms with Gasteiger partial charge in [-0.05, 0) is 17.5 Å². The number of anilines is 1. The summed E-state index contributed by atoms with van der Waals surface area (Å²) in [4.78, 5) is 22.5. The molecule has 0 saturated heterocycles. The van der Waals surface area contributed by atoms with E-state index in [-0.39, 0.29) is 22.0 Å². The lowest BCUT2D eigenvalue weighted by molar-refractivity contribution is -0.384. The molecule has 1 aromatic carbocycles. The van der Waals surface area contributed by atoms with Crippen molar-refractivity contribution in [3.63, 3.8) is 0 Å². The minimum absolute atomic E-state index is 0.238. The van der Waals surface area contributed by atoms with Gasteiger partial charge in [-0.15, -0.1) is 11.3 Å². The van der Waals surface area contributed by atoms with Gasteiger partial charge in [0.15, 0.2) is 5.69 Å². The molecule has 1 heterocycles. The van der Waals surface area contributed by atoms with Gasteiger partial charge >= 0.3 is 0 Å². The second-order valence-electron chi connectivity index (χ2n) is 3.70. The van der Waals surface area contributed by atoms with Crippen LogP contribution in [0.25, 0.3) is 0 Å². The first kappa shape index (κ1) is 13.8. The number of nitro benzene ring substituents is 1. The monoisotopic (exact) mass is 294 g/mol. The molecule has 7 nitrogen and oxygen atoms in total. The maximum absolute atomic E-state index is 12.1. The average Bonchev–Trinajstić information content (AvgIpc) is 2.89. The van der Waals surface area contributed by atoms with E-state index in [2.05, 4.69) is 5.32 Å². The quantitative estimate of drug-likeness (QED) is 0.512. The number of nitrogens with zero attached hydrogens (tertiary/aromatic N) is 1. The zero-order valence-electron chi connectivity index (χ0n) is 10.3. The van der Waals surface area contributed by atoms with Crippen LogP contribution in [0.15, 0.2) is 29.6 Å². The number of thiophene rings is 1. The number of para-hydroxylation sites is 1. The lowest BCUT2D eigenvalue weighted by Crippen LogP contribution is -2.12. The SMILES string of the molecule is COc1ccsc1C(=O)Nc1c(O)cccc1[N+](=O)[O-]. The summed E-state index contributed by atoms with van der Waals surface area (Å²) in [5, 5.41) is 24.5. The normalized spacial score (nSPS) is 10.1. The first-order valence-corrected chi connectivity index (χ1v) is 6.31. The van der Waals surface area contributed by atoms with Crippen LogP contribution in [0.3, 0.4) is 0 Å². The summed E-state index contributed by atoms with van der Waals surface area (Å²) in [6.07, 6.45) is 0. The van der Waals surface area contributed by atoms with Gasteiger partial charge in [-0.3, -0.25) is 14.9 Å². The molecule has 20 heavy (non-hydrogen) atoms. The van der Waals surface area contributed by atoms with Crippen molar-refractivity contribution in [3.8, 4) is 11.5 Å². The van der Waals surface area contributed by atoms with E-state index in [4.69, 9.17) is 4.74 Å². The molecule has 0 bridgehead atoms. The average molecular weight is 294 g/mol. The third kappa shape index (κ3) is 2.54. The Bertz CT molecular complexity index is 668. The Morgan fingerprint density at radius 2 is 2.20 bits per heavy atom. The molecule has 0 radical (unpaired) electrons. The molecule has 8 heteroatoms. The number of rotatable bonds is 4. The number of nitrogens with one attached hydrogen (secondary N) is 1. The van der Waals surface area contributed by atoms with Crippen molar-refractivity contribution >= 4 is 28.6 Å². The van der Waals surface area contributed by atoms with Gasteiger partial charge in [0.2, 0.25) is 0 Å². The van der Waals surface area contributed by atoms with Crippen LogP contribution in [0.1, 0.15) is 9.67 Å². The number of carbonyl (C=O) groups is 1. The number of nitro groups is 1. The maximum atomic E-state index is 12.1. The number of hydrogen-bond acceptors (Lipinski definition) is 6. The molecule has 0 saturated carbocycles. The summed E-state index contributed by atoms with van der Waals surface area (Å²) in [5.74, 6) is -0.588. The summed E-state index contributed by atoms with van der Waals surface area (Å²) in [7, 11) is 1.42.